The monoisotopic (exact) mass is 362 g/mol. The second kappa shape index (κ2) is 14.6. The van der Waals surface area contributed by atoms with Gasteiger partial charge in [0.2, 0.25) is 0 Å². The number of nitrogens with zero attached hydrogens (tertiary/aromatic N) is 1. The molecular weight excluding hydrogens is 324 g/mol. The highest BCUT2D eigenvalue weighted by Gasteiger charge is 2.07. The molecule has 0 radical (unpaired) electrons. The molecule has 1 aromatic carbocycles. The maximum atomic E-state index is 10.7. The third-order valence-electron chi connectivity index (χ3n) is 5.02. The summed E-state index contributed by atoms with van der Waals surface area (Å²) in [5, 5.41) is 14.1. The molecule has 0 bridgehead atoms. The van der Waals surface area contributed by atoms with Crippen molar-refractivity contribution in [3.63, 3.8) is 0 Å². The molecule has 0 aromatic heterocycles. The first-order chi connectivity index (χ1) is 12.6. The zero-order valence-electron chi connectivity index (χ0n) is 16.9. The van der Waals surface area contributed by atoms with E-state index in [0.717, 1.165) is 24.2 Å². The van der Waals surface area contributed by atoms with Gasteiger partial charge in [-0.3, -0.25) is 10.1 Å². The molecule has 1 rings (SSSR count). The Kier molecular flexibility index (Phi) is 12.6. The minimum atomic E-state index is -0.344. The van der Waals surface area contributed by atoms with Crippen molar-refractivity contribution in [3.8, 4) is 0 Å². The number of nitrogens with one attached hydrogen (secondary N) is 1. The molecule has 0 saturated heterocycles. The van der Waals surface area contributed by atoms with E-state index in [1.165, 1.54) is 77.0 Å². The maximum absolute atomic E-state index is 10.7. The van der Waals surface area contributed by atoms with Gasteiger partial charge in [0.25, 0.3) is 5.69 Å². The molecule has 26 heavy (non-hydrogen) atoms. The standard InChI is InChI=1S/C22H38N2O2/c1-3-4-5-6-7-8-9-10-11-12-13-14-15-18-23-22-17-16-21(24(25)26)19-20(22)2/h16-17,19,23H,3-15,18H2,1-2H3. The molecule has 1 aromatic rings. The molecule has 0 atom stereocenters. The summed E-state index contributed by atoms with van der Waals surface area (Å²) in [5.74, 6) is 0. The Hall–Kier alpha value is -1.58. The molecule has 0 aliphatic heterocycles. The van der Waals surface area contributed by atoms with E-state index >= 15 is 0 Å². The Balaban J connectivity index is 1.93. The molecule has 0 spiro atoms. The third-order valence-corrected chi connectivity index (χ3v) is 5.02. The van der Waals surface area contributed by atoms with Crippen LogP contribution in [0.4, 0.5) is 11.4 Å². The van der Waals surface area contributed by atoms with Crippen molar-refractivity contribution in [1.29, 1.82) is 0 Å². The molecule has 0 amide bonds. The van der Waals surface area contributed by atoms with Gasteiger partial charge in [-0.25, -0.2) is 0 Å². The van der Waals surface area contributed by atoms with E-state index in [9.17, 15) is 10.1 Å². The van der Waals surface area contributed by atoms with Gasteiger partial charge in [-0.15, -0.1) is 0 Å². The molecule has 0 aliphatic carbocycles. The van der Waals surface area contributed by atoms with Gasteiger partial charge in [-0.05, 0) is 25.0 Å². The number of hydrogen-bond donors (Lipinski definition) is 1. The van der Waals surface area contributed by atoms with Crippen LogP contribution in [0.25, 0.3) is 0 Å². The van der Waals surface area contributed by atoms with E-state index < -0.39 is 0 Å². The summed E-state index contributed by atoms with van der Waals surface area (Å²) in [6, 6.07) is 5.01. The van der Waals surface area contributed by atoms with Gasteiger partial charge >= 0.3 is 0 Å². The number of nitro benzene ring substituents is 1. The van der Waals surface area contributed by atoms with Crippen LogP contribution < -0.4 is 5.32 Å². The lowest BCUT2D eigenvalue weighted by Gasteiger charge is -2.09. The van der Waals surface area contributed by atoms with Gasteiger partial charge in [-0.2, -0.15) is 0 Å². The van der Waals surface area contributed by atoms with Crippen LogP contribution in [0.3, 0.4) is 0 Å². The number of unbranched alkanes of at least 4 members (excludes halogenated alkanes) is 12. The van der Waals surface area contributed by atoms with Crippen LogP contribution in [0.15, 0.2) is 18.2 Å². The summed E-state index contributed by atoms with van der Waals surface area (Å²) >= 11 is 0. The maximum Gasteiger partial charge on any atom is 0.269 e. The van der Waals surface area contributed by atoms with Crippen LogP contribution in [0.5, 0.6) is 0 Å². The molecule has 148 valence electrons. The fraction of sp³-hybridized carbons (Fsp3) is 0.727. The number of anilines is 1. The first-order valence-corrected chi connectivity index (χ1v) is 10.6. The average molecular weight is 363 g/mol. The Morgan fingerprint density at radius 2 is 1.35 bits per heavy atom. The van der Waals surface area contributed by atoms with E-state index in [0.29, 0.717) is 0 Å². The summed E-state index contributed by atoms with van der Waals surface area (Å²) < 4.78 is 0. The van der Waals surface area contributed by atoms with Crippen molar-refractivity contribution in [2.45, 2.75) is 97.3 Å². The first kappa shape index (κ1) is 22.5. The van der Waals surface area contributed by atoms with Crippen molar-refractivity contribution in [2.75, 3.05) is 11.9 Å². The van der Waals surface area contributed by atoms with Crippen LogP contribution in [0.2, 0.25) is 0 Å². The van der Waals surface area contributed by atoms with Gasteiger partial charge in [0.1, 0.15) is 0 Å². The summed E-state index contributed by atoms with van der Waals surface area (Å²) in [4.78, 5) is 10.4. The highest BCUT2D eigenvalue weighted by Crippen LogP contribution is 2.21. The normalized spacial score (nSPS) is 10.8. The fourth-order valence-electron chi connectivity index (χ4n) is 3.33. The number of nitro groups is 1. The van der Waals surface area contributed by atoms with Crippen molar-refractivity contribution in [3.05, 3.63) is 33.9 Å². The first-order valence-electron chi connectivity index (χ1n) is 10.6. The van der Waals surface area contributed by atoms with Crippen LogP contribution in [-0.4, -0.2) is 11.5 Å². The molecule has 0 aliphatic rings. The minimum absolute atomic E-state index is 0.161. The Labute approximate surface area is 159 Å². The van der Waals surface area contributed by atoms with E-state index in [1.807, 2.05) is 13.0 Å². The molecule has 0 heterocycles. The van der Waals surface area contributed by atoms with E-state index in [4.69, 9.17) is 0 Å². The van der Waals surface area contributed by atoms with Gasteiger partial charge in [0, 0.05) is 24.4 Å². The second-order valence-electron chi connectivity index (χ2n) is 7.43. The summed E-state index contributed by atoms with van der Waals surface area (Å²) in [6.07, 6.45) is 17.7. The number of benzene rings is 1. The van der Waals surface area contributed by atoms with Crippen molar-refractivity contribution >= 4 is 11.4 Å². The highest BCUT2D eigenvalue weighted by molar-refractivity contribution is 5.55. The van der Waals surface area contributed by atoms with Crippen LogP contribution in [0.1, 0.15) is 96.0 Å². The van der Waals surface area contributed by atoms with E-state index in [-0.39, 0.29) is 10.6 Å². The summed E-state index contributed by atoms with van der Waals surface area (Å²) in [5.41, 5.74) is 2.11. The molecule has 0 saturated carbocycles. The number of rotatable bonds is 16. The molecule has 4 heteroatoms. The SMILES string of the molecule is CCCCCCCCCCCCCCCNc1ccc([N+](=O)[O-])cc1C. The molecule has 4 nitrogen and oxygen atoms in total. The zero-order chi connectivity index (χ0) is 19.0. The van der Waals surface area contributed by atoms with Crippen LogP contribution in [0, 0.1) is 17.0 Å². The van der Waals surface area contributed by atoms with Gasteiger partial charge in [-0.1, -0.05) is 84.0 Å². The largest absolute Gasteiger partial charge is 0.385 e. The smallest absolute Gasteiger partial charge is 0.269 e. The summed E-state index contributed by atoms with van der Waals surface area (Å²) in [6.45, 7) is 5.13. The van der Waals surface area contributed by atoms with Crippen LogP contribution >= 0.6 is 0 Å². The lowest BCUT2D eigenvalue weighted by molar-refractivity contribution is -0.384. The predicted molar refractivity (Wildman–Crippen MR) is 112 cm³/mol. The lowest BCUT2D eigenvalue weighted by atomic mass is 10.0. The molecule has 0 unspecified atom stereocenters. The highest BCUT2D eigenvalue weighted by atomic mass is 16.6. The molecule has 0 fully saturated rings. The Bertz CT molecular complexity index is 503. The fourth-order valence-corrected chi connectivity index (χ4v) is 3.33. The average Bonchev–Trinajstić information content (AvgIpc) is 2.63. The van der Waals surface area contributed by atoms with Gasteiger partial charge in [0.05, 0.1) is 4.92 Å². The molecular formula is C22H38N2O2. The second-order valence-corrected chi connectivity index (χ2v) is 7.43. The quantitative estimate of drug-likeness (QED) is 0.189. The zero-order valence-corrected chi connectivity index (χ0v) is 16.9. The van der Waals surface area contributed by atoms with Crippen molar-refractivity contribution in [2.24, 2.45) is 0 Å². The number of hydrogen-bond acceptors (Lipinski definition) is 3. The van der Waals surface area contributed by atoms with E-state index in [2.05, 4.69) is 12.2 Å². The van der Waals surface area contributed by atoms with Crippen LogP contribution in [-0.2, 0) is 0 Å². The topological polar surface area (TPSA) is 55.2 Å². The van der Waals surface area contributed by atoms with E-state index in [1.54, 1.807) is 12.1 Å². The minimum Gasteiger partial charge on any atom is -0.385 e. The lowest BCUT2D eigenvalue weighted by Crippen LogP contribution is -2.03. The predicted octanol–water partition coefficient (Wildman–Crippen LogP) is 7.41. The number of non-ortho nitro benzene ring substituents is 1. The van der Waals surface area contributed by atoms with Crippen molar-refractivity contribution < 1.29 is 4.92 Å². The van der Waals surface area contributed by atoms with Gasteiger partial charge in [0.15, 0.2) is 0 Å². The number of aryl methyl sites for hydroxylation is 1. The van der Waals surface area contributed by atoms with Crippen molar-refractivity contribution in [1.82, 2.24) is 0 Å². The molecule has 1 N–H and O–H groups in total. The third kappa shape index (κ3) is 10.4. The Morgan fingerprint density at radius 1 is 0.846 bits per heavy atom. The Morgan fingerprint density at radius 3 is 1.81 bits per heavy atom. The summed E-state index contributed by atoms with van der Waals surface area (Å²) in [7, 11) is 0. The van der Waals surface area contributed by atoms with Gasteiger partial charge < -0.3 is 5.32 Å².